The molecule has 1 N–H and O–H groups in total. The predicted octanol–water partition coefficient (Wildman–Crippen LogP) is 2.15. The molecule has 0 aliphatic carbocycles. The summed E-state index contributed by atoms with van der Waals surface area (Å²) >= 11 is 0. The Bertz CT molecular complexity index is 487. The van der Waals surface area contributed by atoms with Crippen LogP contribution in [-0.2, 0) is 0 Å². The molecule has 1 rings (SSSR count). The molecule has 0 unspecified atom stereocenters. The van der Waals surface area contributed by atoms with E-state index in [1.54, 1.807) is 6.21 Å². The lowest BCUT2D eigenvalue weighted by Gasteiger charge is -2.18. The maximum absolute atomic E-state index is 11.9. The Morgan fingerprint density at radius 1 is 1.33 bits per heavy atom. The standard InChI is InChI=1S/C15H19NO2/c1-15(2,3)16(18)12-14-10-5-4-8-13(14)9-6-7-11-17/h4-5,8,10,12,17H,7,11H2,1-3H3/b16-12-. The van der Waals surface area contributed by atoms with E-state index in [0.29, 0.717) is 6.42 Å². The molecule has 0 spiro atoms. The fraction of sp³-hybridized carbons (Fsp3) is 0.400. The maximum Gasteiger partial charge on any atom is 0.183 e. The maximum atomic E-state index is 11.9. The molecule has 0 radical (unpaired) electrons. The van der Waals surface area contributed by atoms with Gasteiger partial charge in [0, 0.05) is 32.8 Å². The fourth-order valence-corrected chi connectivity index (χ4v) is 1.26. The molecule has 0 fully saturated rings. The lowest BCUT2D eigenvalue weighted by atomic mass is 10.1. The minimum Gasteiger partial charge on any atom is -0.623 e. The fourth-order valence-electron chi connectivity index (χ4n) is 1.26. The first-order valence-corrected chi connectivity index (χ1v) is 5.95. The lowest BCUT2D eigenvalue weighted by molar-refractivity contribution is -0.530. The predicted molar refractivity (Wildman–Crippen MR) is 73.6 cm³/mol. The van der Waals surface area contributed by atoms with Crippen molar-refractivity contribution in [2.24, 2.45) is 0 Å². The molecular weight excluding hydrogens is 226 g/mol. The molecule has 0 saturated heterocycles. The number of aliphatic hydroxyl groups is 1. The zero-order chi connectivity index (χ0) is 13.6. The minimum absolute atomic E-state index is 0.0502. The van der Waals surface area contributed by atoms with E-state index in [-0.39, 0.29) is 6.61 Å². The summed E-state index contributed by atoms with van der Waals surface area (Å²) in [4.78, 5) is 0. The zero-order valence-corrected chi connectivity index (χ0v) is 11.1. The average Bonchev–Trinajstić information content (AvgIpc) is 2.30. The van der Waals surface area contributed by atoms with Gasteiger partial charge in [0.15, 0.2) is 11.8 Å². The number of benzene rings is 1. The van der Waals surface area contributed by atoms with Crippen LogP contribution in [0.4, 0.5) is 0 Å². The van der Waals surface area contributed by atoms with Crippen LogP contribution in [0.15, 0.2) is 24.3 Å². The first-order chi connectivity index (χ1) is 8.45. The highest BCUT2D eigenvalue weighted by Crippen LogP contribution is 2.09. The minimum atomic E-state index is -0.467. The Labute approximate surface area is 108 Å². The van der Waals surface area contributed by atoms with Crippen LogP contribution in [0.3, 0.4) is 0 Å². The Kier molecular flexibility index (Phi) is 4.94. The quantitative estimate of drug-likeness (QED) is 0.285. The van der Waals surface area contributed by atoms with E-state index in [4.69, 9.17) is 5.11 Å². The summed E-state index contributed by atoms with van der Waals surface area (Å²) in [5.74, 6) is 5.83. The van der Waals surface area contributed by atoms with Gasteiger partial charge in [-0.2, -0.15) is 0 Å². The van der Waals surface area contributed by atoms with Crippen LogP contribution in [0, 0.1) is 17.0 Å². The van der Waals surface area contributed by atoms with Crippen LogP contribution in [0.2, 0.25) is 0 Å². The molecule has 1 aromatic rings. The molecule has 3 nitrogen and oxygen atoms in total. The summed E-state index contributed by atoms with van der Waals surface area (Å²) in [5, 5.41) is 20.6. The highest BCUT2D eigenvalue weighted by atomic mass is 16.5. The number of rotatable bonds is 2. The summed E-state index contributed by atoms with van der Waals surface area (Å²) in [6.07, 6.45) is 2.00. The van der Waals surface area contributed by atoms with Gasteiger partial charge >= 0.3 is 0 Å². The molecule has 1 aromatic carbocycles. The Morgan fingerprint density at radius 3 is 2.61 bits per heavy atom. The van der Waals surface area contributed by atoms with Crippen molar-refractivity contribution >= 4 is 6.21 Å². The molecule has 0 saturated carbocycles. The van der Waals surface area contributed by atoms with Crippen molar-refractivity contribution in [3.8, 4) is 11.8 Å². The molecule has 0 aliphatic heterocycles. The van der Waals surface area contributed by atoms with Gasteiger partial charge in [-0.15, -0.1) is 0 Å². The van der Waals surface area contributed by atoms with E-state index >= 15 is 0 Å². The van der Waals surface area contributed by atoms with Crippen LogP contribution >= 0.6 is 0 Å². The second-order valence-corrected chi connectivity index (χ2v) is 4.99. The van der Waals surface area contributed by atoms with E-state index in [1.165, 1.54) is 0 Å². The van der Waals surface area contributed by atoms with Gasteiger partial charge in [-0.25, -0.2) is 4.74 Å². The number of hydrogen-bond acceptors (Lipinski definition) is 2. The summed E-state index contributed by atoms with van der Waals surface area (Å²) in [5.41, 5.74) is 1.13. The van der Waals surface area contributed by atoms with Crippen LogP contribution in [-0.4, -0.2) is 28.2 Å². The molecule has 0 bridgehead atoms. The topological polar surface area (TPSA) is 46.3 Å². The molecule has 3 heteroatoms. The molecule has 96 valence electrons. The average molecular weight is 245 g/mol. The number of aliphatic hydroxyl groups excluding tert-OH is 1. The third-order valence-corrected chi connectivity index (χ3v) is 2.34. The van der Waals surface area contributed by atoms with E-state index in [9.17, 15) is 5.21 Å². The normalized spacial score (nSPS) is 11.9. The van der Waals surface area contributed by atoms with Crippen molar-refractivity contribution in [3.05, 3.63) is 40.6 Å². The van der Waals surface area contributed by atoms with E-state index in [2.05, 4.69) is 11.8 Å². The molecule has 0 amide bonds. The van der Waals surface area contributed by atoms with Gasteiger partial charge in [-0.05, 0) is 12.1 Å². The van der Waals surface area contributed by atoms with Crippen molar-refractivity contribution in [2.45, 2.75) is 32.7 Å². The largest absolute Gasteiger partial charge is 0.623 e. The van der Waals surface area contributed by atoms with Gasteiger partial charge in [0.05, 0.1) is 12.2 Å². The van der Waals surface area contributed by atoms with E-state index < -0.39 is 5.54 Å². The third-order valence-electron chi connectivity index (χ3n) is 2.34. The summed E-state index contributed by atoms with van der Waals surface area (Å²) in [6, 6.07) is 7.48. The number of hydrogen-bond donors (Lipinski definition) is 1. The Morgan fingerprint density at radius 2 is 2.00 bits per heavy atom. The molecule has 0 aliphatic rings. The summed E-state index contributed by atoms with van der Waals surface area (Å²) < 4.78 is 0.930. The molecule has 0 atom stereocenters. The van der Waals surface area contributed by atoms with Crippen LogP contribution in [0.1, 0.15) is 38.3 Å². The lowest BCUT2D eigenvalue weighted by Crippen LogP contribution is -2.29. The van der Waals surface area contributed by atoms with Crippen LogP contribution in [0.25, 0.3) is 0 Å². The smallest absolute Gasteiger partial charge is 0.183 e. The van der Waals surface area contributed by atoms with Crippen molar-refractivity contribution in [3.63, 3.8) is 0 Å². The zero-order valence-electron chi connectivity index (χ0n) is 11.1. The second-order valence-electron chi connectivity index (χ2n) is 4.99. The van der Waals surface area contributed by atoms with E-state index in [0.717, 1.165) is 15.9 Å². The van der Waals surface area contributed by atoms with Gasteiger partial charge in [0.2, 0.25) is 0 Å². The van der Waals surface area contributed by atoms with Crippen LogP contribution in [0.5, 0.6) is 0 Å². The van der Waals surface area contributed by atoms with Gasteiger partial charge < -0.3 is 10.3 Å². The van der Waals surface area contributed by atoms with E-state index in [1.807, 2.05) is 45.0 Å². The molecular formula is C15H19NO2. The Hall–Kier alpha value is -1.79. The number of hydroxylamine groups is 1. The third kappa shape index (κ3) is 4.23. The van der Waals surface area contributed by atoms with Gasteiger partial charge in [-0.3, -0.25) is 0 Å². The Balaban J connectivity index is 3.08. The SMILES string of the molecule is CC(C)(C)/[N+]([O-])=C/c1ccccc1C#CCCO. The first kappa shape index (κ1) is 14.3. The van der Waals surface area contributed by atoms with Crippen molar-refractivity contribution in [1.82, 2.24) is 0 Å². The van der Waals surface area contributed by atoms with Gasteiger partial charge in [0.25, 0.3) is 0 Å². The van der Waals surface area contributed by atoms with Crippen molar-refractivity contribution in [1.29, 1.82) is 0 Å². The molecule has 18 heavy (non-hydrogen) atoms. The second kappa shape index (κ2) is 6.23. The highest BCUT2D eigenvalue weighted by molar-refractivity contribution is 5.80. The summed E-state index contributed by atoms with van der Waals surface area (Å²) in [6.45, 7) is 5.62. The monoisotopic (exact) mass is 245 g/mol. The highest BCUT2D eigenvalue weighted by Gasteiger charge is 2.18. The van der Waals surface area contributed by atoms with Gasteiger partial charge in [0.1, 0.15) is 0 Å². The van der Waals surface area contributed by atoms with Crippen molar-refractivity contribution < 1.29 is 9.85 Å². The van der Waals surface area contributed by atoms with Crippen LogP contribution < -0.4 is 0 Å². The molecule has 0 heterocycles. The van der Waals surface area contributed by atoms with Gasteiger partial charge in [-0.1, -0.05) is 24.0 Å². The number of nitrogens with zero attached hydrogens (tertiary/aromatic N) is 1. The molecule has 0 aromatic heterocycles. The first-order valence-electron chi connectivity index (χ1n) is 5.95. The summed E-state index contributed by atoms with van der Waals surface area (Å²) in [7, 11) is 0. The van der Waals surface area contributed by atoms with Crippen molar-refractivity contribution in [2.75, 3.05) is 6.61 Å².